The number of phenols is 1. The molecule has 0 radical (unpaired) electrons. The van der Waals surface area contributed by atoms with Gasteiger partial charge in [0.2, 0.25) is 5.75 Å². The molecule has 0 heterocycles. The van der Waals surface area contributed by atoms with E-state index in [2.05, 4.69) is 0 Å². The van der Waals surface area contributed by atoms with E-state index < -0.39 is 68.7 Å². The number of hydrogen-bond donors (Lipinski definition) is 4. The standard InChI is InChI=1S/C19H16N2O8.C2H6/c20-19(27)14-10(22)5-8-4-7-3-6-1-2-9(21(28)29)15(23)11(6)16(24)12(7)17(25)13(8)18(14)26;1-2/h1-2,7-8,13,23-24,26H,3-5H2,(H2,20,27);1-2H3. The molecule has 5 N–H and O–H groups in total. The molecule has 1 amide bonds. The van der Waals surface area contributed by atoms with Crippen LogP contribution >= 0.6 is 0 Å². The number of benzene rings is 1. The summed E-state index contributed by atoms with van der Waals surface area (Å²) in [7, 11) is 0. The van der Waals surface area contributed by atoms with Crippen LogP contribution in [0.1, 0.15) is 37.8 Å². The van der Waals surface area contributed by atoms with Crippen LogP contribution < -0.4 is 5.73 Å². The van der Waals surface area contributed by atoms with Crippen molar-refractivity contribution in [3.05, 3.63) is 50.3 Å². The normalized spacial score (nSPS) is 24.5. The fraction of sp³-hybridized carbons (Fsp3) is 0.381. The quantitative estimate of drug-likeness (QED) is 0.313. The summed E-state index contributed by atoms with van der Waals surface area (Å²) in [6.07, 6.45) is 0.354. The summed E-state index contributed by atoms with van der Waals surface area (Å²) in [5.74, 6) is -6.78. The number of rotatable bonds is 2. The van der Waals surface area contributed by atoms with E-state index in [9.17, 15) is 39.8 Å². The second kappa shape index (κ2) is 7.86. The van der Waals surface area contributed by atoms with E-state index >= 15 is 0 Å². The highest BCUT2D eigenvalue weighted by molar-refractivity contribution is 6.21. The third-order valence-corrected chi connectivity index (χ3v) is 5.94. The van der Waals surface area contributed by atoms with E-state index in [1.165, 1.54) is 6.07 Å². The predicted octanol–water partition coefficient (Wildman–Crippen LogP) is 2.24. The molecule has 3 unspecified atom stereocenters. The Morgan fingerprint density at radius 1 is 1.16 bits per heavy atom. The Kier molecular flexibility index (Phi) is 5.58. The second-order valence-corrected chi connectivity index (χ2v) is 7.48. The van der Waals surface area contributed by atoms with Crippen molar-refractivity contribution in [2.75, 3.05) is 0 Å². The van der Waals surface area contributed by atoms with Gasteiger partial charge in [-0.3, -0.25) is 24.5 Å². The first-order valence-electron chi connectivity index (χ1n) is 9.86. The van der Waals surface area contributed by atoms with Gasteiger partial charge in [-0.1, -0.05) is 19.9 Å². The Bertz CT molecular complexity index is 1090. The number of nitrogens with zero attached hydrogens (tertiary/aromatic N) is 1. The molecule has 3 aliphatic carbocycles. The SMILES string of the molecule is CC.NC(=O)C1=C(O)C2C(=O)C3=C(O)c4c(ccc([N+](=O)[O-])c4O)CC3CC2CC1=O. The highest BCUT2D eigenvalue weighted by Crippen LogP contribution is 2.51. The molecule has 10 heteroatoms. The highest BCUT2D eigenvalue weighted by Gasteiger charge is 2.51. The molecule has 0 aliphatic heterocycles. The maximum Gasteiger partial charge on any atom is 0.311 e. The zero-order chi connectivity index (χ0) is 23.2. The number of phenolic OH excluding ortho intramolecular Hbond substituents is 1. The molecule has 1 saturated carbocycles. The molecule has 0 bridgehead atoms. The van der Waals surface area contributed by atoms with Gasteiger partial charge in [-0.2, -0.15) is 0 Å². The lowest BCUT2D eigenvalue weighted by atomic mass is 9.61. The number of aliphatic hydroxyl groups excluding tert-OH is 2. The second-order valence-electron chi connectivity index (χ2n) is 7.48. The lowest BCUT2D eigenvalue weighted by Gasteiger charge is -2.41. The summed E-state index contributed by atoms with van der Waals surface area (Å²) in [6.45, 7) is 4.00. The van der Waals surface area contributed by atoms with Gasteiger partial charge in [0, 0.05) is 18.1 Å². The van der Waals surface area contributed by atoms with E-state index in [-0.39, 0.29) is 30.4 Å². The summed E-state index contributed by atoms with van der Waals surface area (Å²) in [5.41, 5.74) is 4.08. The molecular formula is C21H22N2O8. The number of Topliss-reactive ketones (excluding diaryl/α,β-unsaturated/α-hetero) is 2. The van der Waals surface area contributed by atoms with Crippen molar-refractivity contribution in [2.24, 2.45) is 23.5 Å². The number of carbonyl (C=O) groups excluding carboxylic acids is 3. The number of fused-ring (bicyclic) bond motifs is 3. The minimum atomic E-state index is -1.22. The van der Waals surface area contributed by atoms with E-state index in [0.717, 1.165) is 6.07 Å². The maximum absolute atomic E-state index is 13.1. The molecule has 0 spiro atoms. The predicted molar refractivity (Wildman–Crippen MR) is 108 cm³/mol. The Morgan fingerprint density at radius 3 is 2.39 bits per heavy atom. The Morgan fingerprint density at radius 2 is 1.81 bits per heavy atom. The van der Waals surface area contributed by atoms with E-state index in [4.69, 9.17) is 5.73 Å². The fourth-order valence-corrected chi connectivity index (χ4v) is 4.75. The van der Waals surface area contributed by atoms with Gasteiger partial charge < -0.3 is 21.1 Å². The van der Waals surface area contributed by atoms with Crippen LogP contribution in [0.5, 0.6) is 5.75 Å². The molecule has 164 valence electrons. The summed E-state index contributed by atoms with van der Waals surface area (Å²) in [6, 6.07) is 2.53. The van der Waals surface area contributed by atoms with Gasteiger partial charge >= 0.3 is 5.69 Å². The highest BCUT2D eigenvalue weighted by atomic mass is 16.6. The number of nitrogens with two attached hydrogens (primary N) is 1. The van der Waals surface area contributed by atoms with Crippen LogP contribution in [-0.2, 0) is 20.8 Å². The molecule has 4 rings (SSSR count). The number of primary amides is 1. The van der Waals surface area contributed by atoms with Crippen LogP contribution in [0, 0.1) is 27.9 Å². The van der Waals surface area contributed by atoms with Crippen LogP contribution in [0.2, 0.25) is 0 Å². The molecule has 10 nitrogen and oxygen atoms in total. The molecule has 31 heavy (non-hydrogen) atoms. The van der Waals surface area contributed by atoms with Crippen LogP contribution in [0.3, 0.4) is 0 Å². The van der Waals surface area contributed by atoms with Crippen molar-refractivity contribution in [1.82, 2.24) is 0 Å². The van der Waals surface area contributed by atoms with Crippen molar-refractivity contribution in [3.63, 3.8) is 0 Å². The number of nitro groups is 1. The van der Waals surface area contributed by atoms with Crippen LogP contribution in [0.4, 0.5) is 5.69 Å². The summed E-state index contributed by atoms with van der Waals surface area (Å²) in [5, 5.41) is 42.5. The topological polar surface area (TPSA) is 181 Å². The number of aromatic hydroxyl groups is 1. The average Bonchev–Trinajstić information content (AvgIpc) is 2.68. The molecular weight excluding hydrogens is 408 g/mol. The van der Waals surface area contributed by atoms with Gasteiger partial charge in [0.1, 0.15) is 17.1 Å². The Hall–Kier alpha value is -3.69. The number of aliphatic hydroxyl groups is 2. The third-order valence-electron chi connectivity index (χ3n) is 5.94. The van der Waals surface area contributed by atoms with Gasteiger partial charge in [0.25, 0.3) is 5.91 Å². The summed E-state index contributed by atoms with van der Waals surface area (Å²) < 4.78 is 0. The molecule has 0 aromatic heterocycles. The molecule has 1 aromatic carbocycles. The van der Waals surface area contributed by atoms with Crippen molar-refractivity contribution < 1.29 is 34.6 Å². The molecule has 1 aromatic rings. The Labute approximate surface area is 176 Å². The zero-order valence-electron chi connectivity index (χ0n) is 16.9. The average molecular weight is 430 g/mol. The number of allylic oxidation sites excluding steroid dienone is 2. The van der Waals surface area contributed by atoms with Crippen LogP contribution in [0.15, 0.2) is 29.0 Å². The first kappa shape index (κ1) is 22.0. The third kappa shape index (κ3) is 3.24. The van der Waals surface area contributed by atoms with E-state index in [0.29, 0.717) is 5.56 Å². The van der Waals surface area contributed by atoms with Gasteiger partial charge in [-0.15, -0.1) is 0 Å². The first-order chi connectivity index (χ1) is 14.6. The van der Waals surface area contributed by atoms with Gasteiger partial charge in [-0.05, 0) is 30.2 Å². The number of carbonyl (C=O) groups is 3. The minimum absolute atomic E-state index is 0.0840. The summed E-state index contributed by atoms with van der Waals surface area (Å²) in [4.78, 5) is 47.1. The summed E-state index contributed by atoms with van der Waals surface area (Å²) >= 11 is 0. The largest absolute Gasteiger partial charge is 0.511 e. The van der Waals surface area contributed by atoms with Crippen molar-refractivity contribution in [1.29, 1.82) is 0 Å². The molecule has 0 saturated heterocycles. The van der Waals surface area contributed by atoms with Gasteiger partial charge in [0.05, 0.1) is 16.4 Å². The monoisotopic (exact) mass is 430 g/mol. The van der Waals surface area contributed by atoms with Crippen molar-refractivity contribution in [3.8, 4) is 5.75 Å². The smallest absolute Gasteiger partial charge is 0.311 e. The Balaban J connectivity index is 0.00000132. The number of hydrogen-bond acceptors (Lipinski definition) is 8. The zero-order valence-corrected chi connectivity index (χ0v) is 16.9. The minimum Gasteiger partial charge on any atom is -0.511 e. The van der Waals surface area contributed by atoms with Crippen LogP contribution in [0.25, 0.3) is 5.76 Å². The number of nitro benzene ring substituents is 1. The lowest BCUT2D eigenvalue weighted by Crippen LogP contribution is -2.44. The molecule has 1 fully saturated rings. The molecule has 3 aliphatic rings. The van der Waals surface area contributed by atoms with Gasteiger partial charge in [0.15, 0.2) is 11.6 Å². The maximum atomic E-state index is 13.1. The van der Waals surface area contributed by atoms with Crippen LogP contribution in [-0.4, -0.2) is 37.7 Å². The first-order valence-corrected chi connectivity index (χ1v) is 9.86. The van der Waals surface area contributed by atoms with E-state index in [1.54, 1.807) is 0 Å². The van der Waals surface area contributed by atoms with Gasteiger partial charge in [-0.25, -0.2) is 0 Å². The number of amides is 1. The fourth-order valence-electron chi connectivity index (χ4n) is 4.75. The van der Waals surface area contributed by atoms with Crippen molar-refractivity contribution >= 4 is 28.9 Å². The molecule has 3 atom stereocenters. The number of ketones is 2. The van der Waals surface area contributed by atoms with E-state index in [1.807, 2.05) is 13.8 Å². The lowest BCUT2D eigenvalue weighted by molar-refractivity contribution is -0.385. The van der Waals surface area contributed by atoms with Crippen molar-refractivity contribution in [2.45, 2.75) is 33.1 Å².